The molecule has 1 atom stereocenters. The second-order valence-corrected chi connectivity index (χ2v) is 6.94. The SMILES string of the molecule is O=C(NCc1cc2ccccc2[nH]1)N1CCC[C@H]1CN1CCOCC1. The second kappa shape index (κ2) is 7.45. The minimum absolute atomic E-state index is 0.0504. The van der Waals surface area contributed by atoms with Crippen LogP contribution in [0.25, 0.3) is 10.9 Å². The number of likely N-dealkylation sites (tertiary alicyclic amines) is 1. The molecule has 2 saturated heterocycles. The van der Waals surface area contributed by atoms with E-state index in [1.54, 1.807) is 0 Å². The number of nitrogens with zero attached hydrogens (tertiary/aromatic N) is 2. The lowest BCUT2D eigenvalue weighted by Gasteiger charge is -2.32. The summed E-state index contributed by atoms with van der Waals surface area (Å²) in [7, 11) is 0. The zero-order valence-corrected chi connectivity index (χ0v) is 14.5. The number of urea groups is 1. The van der Waals surface area contributed by atoms with E-state index in [1.165, 1.54) is 5.39 Å². The van der Waals surface area contributed by atoms with Crippen LogP contribution in [0.2, 0.25) is 0 Å². The lowest BCUT2D eigenvalue weighted by atomic mass is 10.2. The summed E-state index contributed by atoms with van der Waals surface area (Å²) in [5.41, 5.74) is 2.15. The van der Waals surface area contributed by atoms with E-state index in [2.05, 4.69) is 33.4 Å². The molecule has 6 nitrogen and oxygen atoms in total. The van der Waals surface area contributed by atoms with Crippen LogP contribution in [0.4, 0.5) is 4.79 Å². The molecule has 2 aliphatic heterocycles. The number of morpholine rings is 1. The smallest absolute Gasteiger partial charge is 0.318 e. The van der Waals surface area contributed by atoms with Crippen molar-refractivity contribution in [3.8, 4) is 0 Å². The van der Waals surface area contributed by atoms with Crippen molar-refractivity contribution in [3.63, 3.8) is 0 Å². The maximum Gasteiger partial charge on any atom is 0.318 e. The van der Waals surface area contributed by atoms with Gasteiger partial charge in [-0.15, -0.1) is 0 Å². The maximum absolute atomic E-state index is 12.6. The molecule has 4 rings (SSSR count). The van der Waals surface area contributed by atoms with Gasteiger partial charge >= 0.3 is 6.03 Å². The van der Waals surface area contributed by atoms with Crippen molar-refractivity contribution in [2.75, 3.05) is 39.4 Å². The van der Waals surface area contributed by atoms with Crippen molar-refractivity contribution in [2.45, 2.75) is 25.4 Å². The fourth-order valence-electron chi connectivity index (χ4n) is 3.88. The van der Waals surface area contributed by atoms with Crippen LogP contribution in [-0.2, 0) is 11.3 Å². The molecule has 2 amide bonds. The number of nitrogens with one attached hydrogen (secondary N) is 2. The maximum atomic E-state index is 12.6. The van der Waals surface area contributed by atoms with Crippen molar-refractivity contribution in [1.82, 2.24) is 20.1 Å². The third-order valence-electron chi connectivity index (χ3n) is 5.23. The first-order chi connectivity index (χ1) is 12.3. The first-order valence-electron chi connectivity index (χ1n) is 9.21. The normalized spacial score (nSPS) is 21.8. The molecule has 0 bridgehead atoms. The van der Waals surface area contributed by atoms with E-state index in [9.17, 15) is 4.79 Å². The van der Waals surface area contributed by atoms with E-state index < -0.39 is 0 Å². The third kappa shape index (κ3) is 3.80. The Morgan fingerprint density at radius 2 is 2.08 bits per heavy atom. The average molecular weight is 342 g/mol. The predicted molar refractivity (Wildman–Crippen MR) is 97.5 cm³/mol. The van der Waals surface area contributed by atoms with Crippen molar-refractivity contribution in [2.24, 2.45) is 0 Å². The molecule has 2 fully saturated rings. The Bertz CT molecular complexity index is 690. The van der Waals surface area contributed by atoms with E-state index in [0.717, 1.165) is 63.4 Å². The van der Waals surface area contributed by atoms with Gasteiger partial charge in [0.25, 0.3) is 0 Å². The molecule has 2 aromatic rings. The number of H-pyrrole nitrogens is 1. The van der Waals surface area contributed by atoms with E-state index >= 15 is 0 Å². The number of hydrogen-bond acceptors (Lipinski definition) is 3. The number of ether oxygens (including phenoxy) is 1. The first kappa shape index (κ1) is 16.4. The van der Waals surface area contributed by atoms with Gasteiger partial charge in [0.1, 0.15) is 0 Å². The number of amides is 2. The Morgan fingerprint density at radius 1 is 1.24 bits per heavy atom. The molecular weight excluding hydrogens is 316 g/mol. The molecule has 1 aromatic carbocycles. The summed E-state index contributed by atoms with van der Waals surface area (Å²) >= 11 is 0. The number of benzene rings is 1. The molecule has 6 heteroatoms. The van der Waals surface area contributed by atoms with Crippen LogP contribution in [-0.4, -0.2) is 66.2 Å². The van der Waals surface area contributed by atoms with E-state index in [4.69, 9.17) is 4.74 Å². The standard InChI is InChI=1S/C19H26N4O2/c24-19(20-13-16-12-15-4-1-2-6-18(15)21-16)23-7-3-5-17(23)14-22-8-10-25-11-9-22/h1-2,4,6,12,17,21H,3,5,7-11,13-14H2,(H,20,24)/t17-/m0/s1. The monoisotopic (exact) mass is 342 g/mol. The van der Waals surface area contributed by atoms with Crippen LogP contribution in [0.5, 0.6) is 0 Å². The van der Waals surface area contributed by atoms with Crippen molar-refractivity contribution in [1.29, 1.82) is 0 Å². The highest BCUT2D eigenvalue weighted by Crippen LogP contribution is 2.19. The Hall–Kier alpha value is -2.05. The molecule has 1 aromatic heterocycles. The quantitative estimate of drug-likeness (QED) is 0.895. The van der Waals surface area contributed by atoms with E-state index in [0.29, 0.717) is 12.6 Å². The van der Waals surface area contributed by atoms with Gasteiger partial charge in [-0.05, 0) is 30.4 Å². The molecular formula is C19H26N4O2. The highest BCUT2D eigenvalue weighted by Gasteiger charge is 2.30. The Morgan fingerprint density at radius 3 is 2.92 bits per heavy atom. The van der Waals surface area contributed by atoms with Crippen LogP contribution < -0.4 is 5.32 Å². The van der Waals surface area contributed by atoms with Gasteiger partial charge in [0.05, 0.1) is 19.8 Å². The van der Waals surface area contributed by atoms with Crippen molar-refractivity contribution in [3.05, 3.63) is 36.0 Å². The molecule has 2 N–H and O–H groups in total. The number of hydrogen-bond donors (Lipinski definition) is 2. The number of carbonyl (C=O) groups excluding carboxylic acids is 1. The fourth-order valence-corrected chi connectivity index (χ4v) is 3.88. The van der Waals surface area contributed by atoms with Crippen LogP contribution in [0, 0.1) is 0 Å². The average Bonchev–Trinajstić information content (AvgIpc) is 3.27. The molecule has 2 aliphatic rings. The summed E-state index contributed by atoms with van der Waals surface area (Å²) in [6.07, 6.45) is 2.19. The number of rotatable bonds is 4. The zero-order valence-electron chi connectivity index (χ0n) is 14.5. The summed E-state index contributed by atoms with van der Waals surface area (Å²) < 4.78 is 5.41. The van der Waals surface area contributed by atoms with Crippen molar-refractivity contribution < 1.29 is 9.53 Å². The minimum Gasteiger partial charge on any atom is -0.379 e. The molecule has 0 spiro atoms. The molecule has 0 radical (unpaired) electrons. The fraction of sp³-hybridized carbons (Fsp3) is 0.526. The van der Waals surface area contributed by atoms with Gasteiger partial charge in [0.2, 0.25) is 0 Å². The van der Waals surface area contributed by atoms with Crippen LogP contribution in [0.1, 0.15) is 18.5 Å². The molecule has 25 heavy (non-hydrogen) atoms. The van der Waals surface area contributed by atoms with E-state index in [1.807, 2.05) is 17.0 Å². The van der Waals surface area contributed by atoms with Crippen LogP contribution in [0.3, 0.4) is 0 Å². The van der Waals surface area contributed by atoms with Gasteiger partial charge in [-0.1, -0.05) is 18.2 Å². The topological polar surface area (TPSA) is 60.6 Å². The summed E-state index contributed by atoms with van der Waals surface area (Å²) in [5.74, 6) is 0. The number of carbonyl (C=O) groups is 1. The Labute approximate surface area is 148 Å². The number of para-hydroxylation sites is 1. The molecule has 0 unspecified atom stereocenters. The van der Waals surface area contributed by atoms with Crippen LogP contribution >= 0.6 is 0 Å². The lowest BCUT2D eigenvalue weighted by molar-refractivity contribution is 0.0292. The predicted octanol–water partition coefficient (Wildman–Crippen LogP) is 2.17. The summed E-state index contributed by atoms with van der Waals surface area (Å²) in [6.45, 7) is 5.91. The molecule has 0 aliphatic carbocycles. The Kier molecular flexibility index (Phi) is 4.90. The Balaban J connectivity index is 1.33. The number of fused-ring (bicyclic) bond motifs is 1. The minimum atomic E-state index is 0.0504. The summed E-state index contributed by atoms with van der Waals surface area (Å²) in [6, 6.07) is 10.6. The summed E-state index contributed by atoms with van der Waals surface area (Å²) in [4.78, 5) is 20.4. The first-order valence-corrected chi connectivity index (χ1v) is 9.21. The lowest BCUT2D eigenvalue weighted by Crippen LogP contribution is -2.49. The van der Waals surface area contributed by atoms with Gasteiger partial charge in [0, 0.05) is 43.4 Å². The van der Waals surface area contributed by atoms with Crippen LogP contribution in [0.15, 0.2) is 30.3 Å². The molecule has 0 saturated carbocycles. The number of aromatic nitrogens is 1. The third-order valence-corrected chi connectivity index (χ3v) is 5.23. The highest BCUT2D eigenvalue weighted by molar-refractivity contribution is 5.80. The molecule has 134 valence electrons. The van der Waals surface area contributed by atoms with Gasteiger partial charge in [-0.2, -0.15) is 0 Å². The van der Waals surface area contributed by atoms with Gasteiger partial charge in [-0.25, -0.2) is 4.79 Å². The largest absolute Gasteiger partial charge is 0.379 e. The van der Waals surface area contributed by atoms with Gasteiger partial charge < -0.3 is 19.9 Å². The van der Waals surface area contributed by atoms with Gasteiger partial charge in [0.15, 0.2) is 0 Å². The second-order valence-electron chi connectivity index (χ2n) is 6.94. The zero-order chi connectivity index (χ0) is 17.1. The highest BCUT2D eigenvalue weighted by atomic mass is 16.5. The van der Waals surface area contributed by atoms with Gasteiger partial charge in [-0.3, -0.25) is 4.90 Å². The summed E-state index contributed by atoms with van der Waals surface area (Å²) in [5, 5.41) is 4.26. The van der Waals surface area contributed by atoms with Crippen molar-refractivity contribution >= 4 is 16.9 Å². The number of aromatic amines is 1. The van der Waals surface area contributed by atoms with E-state index in [-0.39, 0.29) is 6.03 Å². The molecule has 3 heterocycles.